The number of likely N-dealkylation sites (tertiary alicyclic amines) is 1. The Morgan fingerprint density at radius 3 is 2.68 bits per heavy atom. The number of hydrogen-bond donors (Lipinski definition) is 1. The van der Waals surface area contributed by atoms with Crippen molar-refractivity contribution < 1.29 is 4.79 Å². The molecule has 2 N–H and O–H groups in total. The lowest BCUT2D eigenvalue weighted by Crippen LogP contribution is -2.46. The van der Waals surface area contributed by atoms with Crippen molar-refractivity contribution in [1.29, 1.82) is 0 Å². The van der Waals surface area contributed by atoms with Crippen molar-refractivity contribution >= 4 is 5.91 Å². The second kappa shape index (κ2) is 6.20. The molecule has 0 radical (unpaired) electrons. The van der Waals surface area contributed by atoms with Crippen molar-refractivity contribution in [3.63, 3.8) is 0 Å². The quantitative estimate of drug-likeness (QED) is 0.904. The van der Waals surface area contributed by atoms with Gasteiger partial charge in [0.1, 0.15) is 0 Å². The van der Waals surface area contributed by atoms with E-state index in [9.17, 15) is 4.79 Å². The largest absolute Gasteiger partial charge is 0.338 e. The Morgan fingerprint density at radius 1 is 1.42 bits per heavy atom. The number of nitrogens with zero attached hydrogens (tertiary/aromatic N) is 1. The molecule has 0 aromatic heterocycles. The van der Waals surface area contributed by atoms with E-state index in [-0.39, 0.29) is 5.91 Å². The molecule has 0 aliphatic carbocycles. The minimum absolute atomic E-state index is 0.0943. The molecule has 1 aromatic rings. The molecular weight excluding hydrogens is 236 g/mol. The van der Waals surface area contributed by atoms with Gasteiger partial charge in [0.2, 0.25) is 5.91 Å². The van der Waals surface area contributed by atoms with E-state index in [1.165, 1.54) is 5.56 Å². The monoisotopic (exact) mass is 260 g/mol. The van der Waals surface area contributed by atoms with Crippen molar-refractivity contribution in [1.82, 2.24) is 4.90 Å². The predicted octanol–water partition coefficient (Wildman–Crippen LogP) is 2.52. The number of carbonyl (C=O) groups excluding carboxylic acids is 1. The molecule has 104 valence electrons. The third kappa shape index (κ3) is 2.98. The molecule has 1 saturated heterocycles. The minimum Gasteiger partial charge on any atom is -0.338 e. The third-order valence-electron chi connectivity index (χ3n) is 4.10. The Bertz CT molecular complexity index is 416. The van der Waals surface area contributed by atoms with Gasteiger partial charge in [-0.1, -0.05) is 37.3 Å². The normalized spacial score (nSPS) is 22.3. The summed E-state index contributed by atoms with van der Waals surface area (Å²) in [6, 6.07) is 10.4. The maximum Gasteiger partial charge on any atom is 0.239 e. The minimum atomic E-state index is -0.395. The van der Waals surface area contributed by atoms with E-state index in [4.69, 9.17) is 5.73 Å². The summed E-state index contributed by atoms with van der Waals surface area (Å²) in [7, 11) is 0. The van der Waals surface area contributed by atoms with Crippen LogP contribution in [0.5, 0.6) is 0 Å². The zero-order chi connectivity index (χ0) is 13.8. The Balaban J connectivity index is 2.20. The van der Waals surface area contributed by atoms with Crippen molar-refractivity contribution in [2.45, 2.75) is 51.1 Å². The molecule has 3 atom stereocenters. The summed E-state index contributed by atoms with van der Waals surface area (Å²) >= 11 is 0. The van der Waals surface area contributed by atoms with Crippen molar-refractivity contribution in [3.8, 4) is 0 Å². The summed E-state index contributed by atoms with van der Waals surface area (Å²) < 4.78 is 0. The fourth-order valence-corrected chi connectivity index (χ4v) is 3.18. The number of benzene rings is 1. The SMILES string of the molecule is CCC(c1ccccc1)C1CCCN1C(=O)[C@H](C)N. The first-order valence-electron chi connectivity index (χ1n) is 7.26. The summed E-state index contributed by atoms with van der Waals surface area (Å²) in [4.78, 5) is 14.2. The zero-order valence-corrected chi connectivity index (χ0v) is 11.9. The fraction of sp³-hybridized carbons (Fsp3) is 0.562. The molecule has 1 aromatic carbocycles. The standard InChI is InChI=1S/C16H24N2O/c1-3-14(13-8-5-4-6-9-13)15-10-7-11-18(15)16(19)12(2)17/h4-6,8-9,12,14-15H,3,7,10-11,17H2,1-2H3/t12-,14?,15?/m0/s1. The maximum atomic E-state index is 12.2. The van der Waals surface area contributed by atoms with Crippen LogP contribution in [0.15, 0.2) is 30.3 Å². The Morgan fingerprint density at radius 2 is 2.11 bits per heavy atom. The molecule has 0 saturated carbocycles. The molecule has 3 nitrogen and oxygen atoms in total. The highest BCUT2D eigenvalue weighted by molar-refractivity contribution is 5.81. The molecule has 0 spiro atoms. The van der Waals surface area contributed by atoms with Crippen LogP contribution in [0.4, 0.5) is 0 Å². The molecule has 2 unspecified atom stereocenters. The number of nitrogens with two attached hydrogens (primary N) is 1. The van der Waals surface area contributed by atoms with Gasteiger partial charge >= 0.3 is 0 Å². The fourth-order valence-electron chi connectivity index (χ4n) is 3.18. The van der Waals surface area contributed by atoms with E-state index in [2.05, 4.69) is 31.2 Å². The molecule has 0 bridgehead atoms. The van der Waals surface area contributed by atoms with Crippen LogP contribution in [-0.4, -0.2) is 29.4 Å². The van der Waals surface area contributed by atoms with Crippen LogP contribution in [-0.2, 0) is 4.79 Å². The van der Waals surface area contributed by atoms with Crippen LogP contribution in [0.3, 0.4) is 0 Å². The first-order chi connectivity index (χ1) is 9.15. The molecule has 1 heterocycles. The lowest BCUT2D eigenvalue weighted by atomic mass is 9.87. The predicted molar refractivity (Wildman–Crippen MR) is 77.9 cm³/mol. The van der Waals surface area contributed by atoms with Crippen molar-refractivity contribution in [2.75, 3.05) is 6.54 Å². The number of rotatable bonds is 4. The highest BCUT2D eigenvalue weighted by Crippen LogP contribution is 2.33. The average molecular weight is 260 g/mol. The van der Waals surface area contributed by atoms with Gasteiger partial charge in [-0.05, 0) is 31.7 Å². The highest BCUT2D eigenvalue weighted by atomic mass is 16.2. The van der Waals surface area contributed by atoms with Gasteiger partial charge < -0.3 is 10.6 Å². The topological polar surface area (TPSA) is 46.3 Å². The van der Waals surface area contributed by atoms with Gasteiger partial charge in [-0.2, -0.15) is 0 Å². The van der Waals surface area contributed by atoms with Gasteiger partial charge in [0.25, 0.3) is 0 Å². The van der Waals surface area contributed by atoms with Crippen LogP contribution >= 0.6 is 0 Å². The first kappa shape index (κ1) is 14.1. The van der Waals surface area contributed by atoms with Gasteiger partial charge in [0.15, 0.2) is 0 Å². The second-order valence-corrected chi connectivity index (χ2v) is 5.46. The van der Waals surface area contributed by atoms with Crippen LogP contribution < -0.4 is 5.73 Å². The number of hydrogen-bond acceptors (Lipinski definition) is 2. The summed E-state index contributed by atoms with van der Waals surface area (Å²) in [6.07, 6.45) is 3.23. The lowest BCUT2D eigenvalue weighted by molar-refractivity contribution is -0.133. The van der Waals surface area contributed by atoms with Crippen LogP contribution in [0.1, 0.15) is 44.6 Å². The molecule has 1 fully saturated rings. The van der Waals surface area contributed by atoms with E-state index < -0.39 is 6.04 Å². The molecule has 19 heavy (non-hydrogen) atoms. The molecule has 2 rings (SSSR count). The molecular formula is C16H24N2O. The van der Waals surface area contributed by atoms with Crippen molar-refractivity contribution in [3.05, 3.63) is 35.9 Å². The number of carbonyl (C=O) groups is 1. The van der Waals surface area contributed by atoms with Gasteiger partial charge in [0.05, 0.1) is 6.04 Å². The summed E-state index contributed by atoms with van der Waals surface area (Å²) in [5, 5.41) is 0. The van der Waals surface area contributed by atoms with Crippen LogP contribution in [0.25, 0.3) is 0 Å². The smallest absolute Gasteiger partial charge is 0.239 e. The van der Waals surface area contributed by atoms with Crippen LogP contribution in [0, 0.1) is 0 Å². The van der Waals surface area contributed by atoms with E-state index in [0.717, 1.165) is 25.8 Å². The summed E-state index contributed by atoms with van der Waals surface area (Å²) in [5.41, 5.74) is 7.10. The van der Waals surface area contributed by atoms with Crippen molar-refractivity contribution in [2.24, 2.45) is 5.73 Å². The van der Waals surface area contributed by atoms with Crippen LogP contribution in [0.2, 0.25) is 0 Å². The summed E-state index contributed by atoms with van der Waals surface area (Å²) in [5.74, 6) is 0.517. The summed E-state index contributed by atoms with van der Waals surface area (Å²) in [6.45, 7) is 4.83. The first-order valence-corrected chi connectivity index (χ1v) is 7.26. The lowest BCUT2D eigenvalue weighted by Gasteiger charge is -2.32. The third-order valence-corrected chi connectivity index (χ3v) is 4.10. The Hall–Kier alpha value is -1.35. The molecule has 1 aliphatic rings. The van der Waals surface area contributed by atoms with E-state index >= 15 is 0 Å². The molecule has 1 amide bonds. The molecule has 3 heteroatoms. The second-order valence-electron chi connectivity index (χ2n) is 5.46. The van der Waals surface area contributed by atoms with Gasteiger partial charge in [-0.25, -0.2) is 0 Å². The van der Waals surface area contributed by atoms with E-state index in [1.807, 2.05) is 11.0 Å². The van der Waals surface area contributed by atoms with Gasteiger partial charge in [-0.15, -0.1) is 0 Å². The molecule has 1 aliphatic heterocycles. The van der Waals surface area contributed by atoms with Gasteiger partial charge in [-0.3, -0.25) is 4.79 Å². The number of amides is 1. The Kier molecular flexibility index (Phi) is 4.59. The van der Waals surface area contributed by atoms with Gasteiger partial charge in [0, 0.05) is 18.5 Å². The highest BCUT2D eigenvalue weighted by Gasteiger charge is 2.35. The van der Waals surface area contributed by atoms with E-state index in [0.29, 0.717) is 12.0 Å². The Labute approximate surface area is 115 Å². The average Bonchev–Trinajstić information content (AvgIpc) is 2.89. The maximum absolute atomic E-state index is 12.2. The van der Waals surface area contributed by atoms with E-state index in [1.54, 1.807) is 6.92 Å². The zero-order valence-electron chi connectivity index (χ0n) is 11.9.